The van der Waals surface area contributed by atoms with Crippen molar-refractivity contribution in [2.24, 2.45) is 0 Å². The Morgan fingerprint density at radius 1 is 1.32 bits per heavy atom. The van der Waals surface area contributed by atoms with Crippen LogP contribution in [-0.4, -0.2) is 47.1 Å². The van der Waals surface area contributed by atoms with Gasteiger partial charge < -0.3 is 14.4 Å². The molecular weight excluding hydrogens is 318 g/mol. The molecule has 132 valence electrons. The monoisotopic (exact) mass is 341 g/mol. The van der Waals surface area contributed by atoms with E-state index < -0.39 is 0 Å². The first kappa shape index (κ1) is 17.2. The van der Waals surface area contributed by atoms with E-state index in [0.29, 0.717) is 19.0 Å². The first-order valence-electron chi connectivity index (χ1n) is 8.50. The van der Waals surface area contributed by atoms with Crippen LogP contribution in [0.3, 0.4) is 0 Å². The van der Waals surface area contributed by atoms with Crippen LogP contribution in [0.4, 0.5) is 0 Å². The molecular formula is C19H23N3O3. The fraction of sp³-hybridized carbons (Fsp3) is 0.421. The predicted octanol–water partition coefficient (Wildman–Crippen LogP) is 2.41. The molecule has 6 nitrogen and oxygen atoms in total. The van der Waals surface area contributed by atoms with Crippen molar-refractivity contribution >= 4 is 5.91 Å². The van der Waals surface area contributed by atoms with E-state index in [1.807, 2.05) is 30.0 Å². The second kappa shape index (κ2) is 7.96. The molecule has 0 radical (unpaired) electrons. The molecule has 25 heavy (non-hydrogen) atoms. The summed E-state index contributed by atoms with van der Waals surface area (Å²) in [5.74, 6) is 0.956. The highest BCUT2D eigenvalue weighted by Crippen LogP contribution is 2.20. The maximum atomic E-state index is 12.6. The van der Waals surface area contributed by atoms with Gasteiger partial charge >= 0.3 is 6.01 Å². The Labute approximate surface area is 147 Å². The molecule has 2 aromatic rings. The number of ether oxygens (including phenoxy) is 2. The van der Waals surface area contributed by atoms with Gasteiger partial charge in [0.15, 0.2) is 0 Å². The summed E-state index contributed by atoms with van der Waals surface area (Å²) in [5, 5.41) is 0. The number of nitrogens with zero attached hydrogens (tertiary/aromatic N) is 3. The van der Waals surface area contributed by atoms with Gasteiger partial charge in [-0.05, 0) is 43.0 Å². The van der Waals surface area contributed by atoms with Gasteiger partial charge in [0.1, 0.15) is 11.9 Å². The molecule has 1 unspecified atom stereocenters. The molecule has 0 saturated carbocycles. The van der Waals surface area contributed by atoms with E-state index in [4.69, 9.17) is 9.47 Å². The van der Waals surface area contributed by atoms with Gasteiger partial charge in [-0.25, -0.2) is 9.97 Å². The number of carbonyl (C=O) groups is 1. The van der Waals surface area contributed by atoms with E-state index in [-0.39, 0.29) is 12.0 Å². The number of benzene rings is 1. The topological polar surface area (TPSA) is 64.5 Å². The molecule has 1 aliphatic heterocycles. The fourth-order valence-corrected chi connectivity index (χ4v) is 3.09. The minimum Gasteiger partial charge on any atom is -0.496 e. The van der Waals surface area contributed by atoms with Crippen molar-refractivity contribution in [3.63, 3.8) is 0 Å². The number of amides is 1. The van der Waals surface area contributed by atoms with Gasteiger partial charge in [0.2, 0.25) is 5.91 Å². The van der Waals surface area contributed by atoms with Crippen LogP contribution in [0, 0.1) is 6.92 Å². The fourth-order valence-electron chi connectivity index (χ4n) is 3.09. The molecule has 3 rings (SSSR count). The minimum atomic E-state index is -0.0577. The maximum absolute atomic E-state index is 12.6. The van der Waals surface area contributed by atoms with Crippen LogP contribution in [0.15, 0.2) is 36.7 Å². The summed E-state index contributed by atoms with van der Waals surface area (Å²) in [7, 11) is 1.65. The first-order chi connectivity index (χ1) is 12.2. The molecule has 2 heterocycles. The molecule has 0 spiro atoms. The molecule has 1 aromatic heterocycles. The molecule has 1 amide bonds. The van der Waals surface area contributed by atoms with E-state index in [2.05, 4.69) is 9.97 Å². The molecule has 0 bridgehead atoms. The molecule has 1 atom stereocenters. The van der Waals surface area contributed by atoms with E-state index >= 15 is 0 Å². The lowest BCUT2D eigenvalue weighted by Gasteiger charge is -2.32. The lowest BCUT2D eigenvalue weighted by molar-refractivity contribution is -0.133. The third kappa shape index (κ3) is 4.47. The van der Waals surface area contributed by atoms with Crippen LogP contribution in [0.25, 0.3) is 0 Å². The maximum Gasteiger partial charge on any atom is 0.316 e. The van der Waals surface area contributed by atoms with Gasteiger partial charge in [-0.2, -0.15) is 0 Å². The predicted molar refractivity (Wildman–Crippen MR) is 93.7 cm³/mol. The SMILES string of the molecule is COc1ccc(CC(=O)N2CCCC(Oc3ncccn3)C2)cc1C. The molecule has 1 aromatic carbocycles. The lowest BCUT2D eigenvalue weighted by atomic mass is 10.0. The second-order valence-corrected chi connectivity index (χ2v) is 6.23. The Morgan fingerprint density at radius 3 is 2.84 bits per heavy atom. The van der Waals surface area contributed by atoms with Gasteiger partial charge in [0.05, 0.1) is 20.1 Å². The Morgan fingerprint density at radius 2 is 2.12 bits per heavy atom. The smallest absolute Gasteiger partial charge is 0.316 e. The quantitative estimate of drug-likeness (QED) is 0.836. The third-order valence-corrected chi connectivity index (χ3v) is 4.36. The summed E-state index contributed by atoms with van der Waals surface area (Å²) in [4.78, 5) is 22.7. The number of piperidine rings is 1. The van der Waals surface area contributed by atoms with Crippen molar-refractivity contribution in [1.29, 1.82) is 0 Å². The Bertz CT molecular complexity index is 721. The van der Waals surface area contributed by atoms with Crippen LogP contribution in [0.1, 0.15) is 24.0 Å². The van der Waals surface area contributed by atoms with Crippen molar-refractivity contribution in [3.8, 4) is 11.8 Å². The zero-order valence-electron chi connectivity index (χ0n) is 14.6. The number of aryl methyl sites for hydroxylation is 1. The highest BCUT2D eigenvalue weighted by molar-refractivity contribution is 5.79. The van der Waals surface area contributed by atoms with Crippen molar-refractivity contribution < 1.29 is 14.3 Å². The van der Waals surface area contributed by atoms with Gasteiger partial charge in [0.25, 0.3) is 0 Å². The molecule has 1 saturated heterocycles. The number of rotatable bonds is 5. The average Bonchev–Trinajstić information content (AvgIpc) is 2.63. The molecule has 1 aliphatic rings. The first-order valence-corrected chi connectivity index (χ1v) is 8.50. The van der Waals surface area contributed by atoms with Crippen LogP contribution < -0.4 is 9.47 Å². The van der Waals surface area contributed by atoms with E-state index in [9.17, 15) is 4.79 Å². The summed E-state index contributed by atoms with van der Waals surface area (Å²) >= 11 is 0. The van der Waals surface area contributed by atoms with E-state index in [0.717, 1.165) is 36.3 Å². The average molecular weight is 341 g/mol. The van der Waals surface area contributed by atoms with Crippen molar-refractivity contribution in [1.82, 2.24) is 14.9 Å². The van der Waals surface area contributed by atoms with Gasteiger partial charge in [0, 0.05) is 18.9 Å². The summed E-state index contributed by atoms with van der Waals surface area (Å²) in [6.45, 7) is 3.33. The third-order valence-electron chi connectivity index (χ3n) is 4.36. The van der Waals surface area contributed by atoms with Gasteiger partial charge in [-0.3, -0.25) is 4.79 Å². The molecule has 0 N–H and O–H groups in total. The van der Waals surface area contributed by atoms with Crippen molar-refractivity contribution in [2.75, 3.05) is 20.2 Å². The number of hydrogen-bond donors (Lipinski definition) is 0. The Kier molecular flexibility index (Phi) is 5.48. The minimum absolute atomic E-state index is 0.0577. The number of likely N-dealkylation sites (tertiary alicyclic amines) is 1. The van der Waals surface area contributed by atoms with Crippen LogP contribution in [0.5, 0.6) is 11.8 Å². The molecule has 6 heteroatoms. The largest absolute Gasteiger partial charge is 0.496 e. The van der Waals surface area contributed by atoms with Crippen LogP contribution >= 0.6 is 0 Å². The Hall–Kier alpha value is -2.63. The van der Waals surface area contributed by atoms with Crippen molar-refractivity contribution in [2.45, 2.75) is 32.3 Å². The molecule has 1 fully saturated rings. The second-order valence-electron chi connectivity index (χ2n) is 6.23. The van der Waals surface area contributed by atoms with Crippen LogP contribution in [-0.2, 0) is 11.2 Å². The van der Waals surface area contributed by atoms with Gasteiger partial charge in [-0.1, -0.05) is 12.1 Å². The number of aromatic nitrogens is 2. The molecule has 0 aliphatic carbocycles. The summed E-state index contributed by atoms with van der Waals surface area (Å²) in [6, 6.07) is 7.98. The number of carbonyl (C=O) groups excluding carboxylic acids is 1. The van der Waals surface area contributed by atoms with Crippen LogP contribution in [0.2, 0.25) is 0 Å². The standard InChI is InChI=1S/C19H23N3O3/c1-14-11-15(6-7-17(14)24-2)12-18(23)22-10-3-5-16(13-22)25-19-20-8-4-9-21-19/h4,6-9,11,16H,3,5,10,12-13H2,1-2H3. The normalized spacial score (nSPS) is 17.2. The number of hydrogen-bond acceptors (Lipinski definition) is 5. The highest BCUT2D eigenvalue weighted by Gasteiger charge is 2.25. The zero-order chi connectivity index (χ0) is 17.6. The summed E-state index contributed by atoms with van der Waals surface area (Å²) in [5.41, 5.74) is 2.03. The van der Waals surface area contributed by atoms with E-state index in [1.54, 1.807) is 25.6 Å². The Balaban J connectivity index is 1.59. The highest BCUT2D eigenvalue weighted by atomic mass is 16.5. The summed E-state index contributed by atoms with van der Waals surface area (Å²) < 4.78 is 11.1. The zero-order valence-corrected chi connectivity index (χ0v) is 14.6. The lowest BCUT2D eigenvalue weighted by Crippen LogP contribution is -2.45. The van der Waals surface area contributed by atoms with Gasteiger partial charge in [-0.15, -0.1) is 0 Å². The van der Waals surface area contributed by atoms with E-state index in [1.165, 1.54) is 0 Å². The number of methoxy groups -OCH3 is 1. The summed E-state index contributed by atoms with van der Waals surface area (Å²) in [6.07, 6.45) is 5.46. The van der Waals surface area contributed by atoms with Crippen molar-refractivity contribution in [3.05, 3.63) is 47.8 Å².